The van der Waals surface area contributed by atoms with Gasteiger partial charge in [0.05, 0.1) is 6.54 Å². The predicted octanol–water partition coefficient (Wildman–Crippen LogP) is 2.21. The van der Waals surface area contributed by atoms with Crippen molar-refractivity contribution in [2.24, 2.45) is 4.99 Å². The molecule has 76 valence electrons. The zero-order valence-electron chi connectivity index (χ0n) is 8.54. The lowest BCUT2D eigenvalue weighted by Crippen LogP contribution is -2.31. The first kappa shape index (κ1) is 11.2. The maximum absolute atomic E-state index is 4.47. The van der Waals surface area contributed by atoms with Crippen molar-refractivity contribution >= 4 is 28.7 Å². The van der Waals surface area contributed by atoms with Gasteiger partial charge in [-0.2, -0.15) is 11.8 Å². The van der Waals surface area contributed by atoms with E-state index in [1.54, 1.807) is 0 Å². The van der Waals surface area contributed by atoms with Crippen molar-refractivity contribution in [1.82, 2.24) is 5.32 Å². The Morgan fingerprint density at radius 2 is 2.54 bits per heavy atom. The van der Waals surface area contributed by atoms with Gasteiger partial charge >= 0.3 is 0 Å². The molecule has 2 unspecified atom stereocenters. The molecular weight excluding hydrogens is 200 g/mol. The monoisotopic (exact) mass is 218 g/mol. The van der Waals surface area contributed by atoms with Crippen LogP contribution < -0.4 is 5.32 Å². The molecule has 2 atom stereocenters. The summed E-state index contributed by atoms with van der Waals surface area (Å²) in [6, 6.07) is 0.539. The van der Waals surface area contributed by atoms with Gasteiger partial charge in [-0.25, -0.2) is 0 Å². The molecule has 1 rings (SSSR count). The summed E-state index contributed by atoms with van der Waals surface area (Å²) in [5, 5.41) is 5.29. The summed E-state index contributed by atoms with van der Waals surface area (Å²) < 4.78 is 0. The Kier molecular flexibility index (Phi) is 5.02. The standard InChI is InChI=1S/C9H18N2S2/c1-4-8-5-10-9(13-8)11-7(2)6-12-3/h7-8H,4-6H2,1-3H3,(H,10,11). The molecule has 0 bridgehead atoms. The Hall–Kier alpha value is 0.170. The SMILES string of the molecule is CCC1CN=C(NC(C)CSC)S1. The van der Waals surface area contributed by atoms with Crippen molar-refractivity contribution in [3.05, 3.63) is 0 Å². The molecule has 0 spiro atoms. The van der Waals surface area contributed by atoms with Crippen molar-refractivity contribution in [2.45, 2.75) is 31.6 Å². The molecular formula is C9H18N2S2. The molecule has 1 aliphatic rings. The third kappa shape index (κ3) is 3.81. The lowest BCUT2D eigenvalue weighted by molar-refractivity contribution is 0.749. The van der Waals surface area contributed by atoms with Crippen LogP contribution in [0, 0.1) is 0 Å². The number of rotatable bonds is 4. The van der Waals surface area contributed by atoms with E-state index in [-0.39, 0.29) is 0 Å². The van der Waals surface area contributed by atoms with E-state index in [9.17, 15) is 0 Å². The molecule has 0 amide bonds. The van der Waals surface area contributed by atoms with Crippen LogP contribution in [0.25, 0.3) is 0 Å². The van der Waals surface area contributed by atoms with Gasteiger partial charge in [0.2, 0.25) is 0 Å². The number of nitrogens with zero attached hydrogens (tertiary/aromatic N) is 1. The number of thioether (sulfide) groups is 2. The number of aliphatic imine (C=N–C) groups is 1. The second-order valence-corrected chi connectivity index (χ2v) is 5.49. The van der Waals surface area contributed by atoms with E-state index in [1.165, 1.54) is 6.42 Å². The third-order valence-corrected chi connectivity index (χ3v) is 4.08. The van der Waals surface area contributed by atoms with Gasteiger partial charge in [0, 0.05) is 17.0 Å². The Bertz CT molecular complexity index is 182. The number of hydrogen-bond donors (Lipinski definition) is 1. The Morgan fingerprint density at radius 3 is 3.08 bits per heavy atom. The molecule has 4 heteroatoms. The van der Waals surface area contributed by atoms with E-state index in [0.29, 0.717) is 11.3 Å². The van der Waals surface area contributed by atoms with Crippen LogP contribution in [-0.2, 0) is 0 Å². The fraction of sp³-hybridized carbons (Fsp3) is 0.889. The molecule has 0 radical (unpaired) electrons. The molecule has 0 aliphatic carbocycles. The molecule has 0 fully saturated rings. The van der Waals surface area contributed by atoms with Crippen LogP contribution in [0.5, 0.6) is 0 Å². The predicted molar refractivity (Wildman–Crippen MR) is 65.0 cm³/mol. The Morgan fingerprint density at radius 1 is 1.77 bits per heavy atom. The number of amidine groups is 1. The second-order valence-electron chi connectivity index (χ2n) is 3.29. The average Bonchev–Trinajstić information content (AvgIpc) is 2.52. The van der Waals surface area contributed by atoms with Crippen molar-refractivity contribution in [1.29, 1.82) is 0 Å². The van der Waals surface area contributed by atoms with Gasteiger partial charge in [0.25, 0.3) is 0 Å². The normalized spacial score (nSPS) is 24.2. The molecule has 1 N–H and O–H groups in total. The van der Waals surface area contributed by atoms with Gasteiger partial charge in [0.1, 0.15) is 0 Å². The number of hydrogen-bond acceptors (Lipinski definition) is 4. The van der Waals surface area contributed by atoms with Crippen molar-refractivity contribution in [3.8, 4) is 0 Å². The highest BCUT2D eigenvalue weighted by atomic mass is 32.2. The molecule has 2 nitrogen and oxygen atoms in total. The highest BCUT2D eigenvalue weighted by Crippen LogP contribution is 2.22. The molecule has 1 aliphatic heterocycles. The topological polar surface area (TPSA) is 24.4 Å². The van der Waals surface area contributed by atoms with Gasteiger partial charge in [-0.15, -0.1) is 0 Å². The van der Waals surface area contributed by atoms with E-state index in [0.717, 1.165) is 17.5 Å². The first-order chi connectivity index (χ1) is 6.26. The summed E-state index contributed by atoms with van der Waals surface area (Å²) in [7, 11) is 0. The highest BCUT2D eigenvalue weighted by molar-refractivity contribution is 8.14. The fourth-order valence-corrected chi connectivity index (χ4v) is 2.84. The zero-order chi connectivity index (χ0) is 9.68. The third-order valence-electron chi connectivity index (χ3n) is 1.96. The second kappa shape index (κ2) is 5.81. The van der Waals surface area contributed by atoms with Gasteiger partial charge in [-0.05, 0) is 19.6 Å². The molecule has 0 aromatic carbocycles. The molecule has 13 heavy (non-hydrogen) atoms. The van der Waals surface area contributed by atoms with E-state index >= 15 is 0 Å². The minimum Gasteiger partial charge on any atom is -0.362 e. The van der Waals surface area contributed by atoms with Crippen LogP contribution in [0.1, 0.15) is 20.3 Å². The van der Waals surface area contributed by atoms with E-state index in [2.05, 4.69) is 30.4 Å². The number of nitrogens with one attached hydrogen (secondary N) is 1. The van der Waals surface area contributed by atoms with Gasteiger partial charge < -0.3 is 5.32 Å². The van der Waals surface area contributed by atoms with E-state index in [4.69, 9.17) is 0 Å². The van der Waals surface area contributed by atoms with E-state index in [1.807, 2.05) is 23.5 Å². The first-order valence-electron chi connectivity index (χ1n) is 4.72. The zero-order valence-corrected chi connectivity index (χ0v) is 10.2. The maximum atomic E-state index is 4.47. The van der Waals surface area contributed by atoms with Crippen molar-refractivity contribution in [2.75, 3.05) is 18.6 Å². The summed E-state index contributed by atoms with van der Waals surface area (Å²) in [4.78, 5) is 4.47. The van der Waals surface area contributed by atoms with Gasteiger partial charge in [0.15, 0.2) is 5.17 Å². The van der Waals surface area contributed by atoms with Crippen LogP contribution >= 0.6 is 23.5 Å². The lowest BCUT2D eigenvalue weighted by atomic mass is 10.3. The summed E-state index contributed by atoms with van der Waals surface area (Å²) in [5.41, 5.74) is 0. The van der Waals surface area contributed by atoms with Gasteiger partial charge in [-0.1, -0.05) is 18.7 Å². The minimum absolute atomic E-state index is 0.539. The summed E-state index contributed by atoms with van der Waals surface area (Å²) >= 11 is 3.77. The molecule has 0 aromatic rings. The smallest absolute Gasteiger partial charge is 0.157 e. The van der Waals surface area contributed by atoms with Crippen LogP contribution in [0.3, 0.4) is 0 Å². The summed E-state index contributed by atoms with van der Waals surface area (Å²) in [6.07, 6.45) is 3.35. The average molecular weight is 218 g/mol. The van der Waals surface area contributed by atoms with Crippen LogP contribution in [0.15, 0.2) is 4.99 Å². The van der Waals surface area contributed by atoms with Gasteiger partial charge in [-0.3, -0.25) is 4.99 Å². The maximum Gasteiger partial charge on any atom is 0.157 e. The highest BCUT2D eigenvalue weighted by Gasteiger charge is 2.18. The quantitative estimate of drug-likeness (QED) is 0.783. The lowest BCUT2D eigenvalue weighted by Gasteiger charge is -2.13. The Labute approximate surface area is 89.3 Å². The van der Waals surface area contributed by atoms with Crippen molar-refractivity contribution in [3.63, 3.8) is 0 Å². The molecule has 1 heterocycles. The largest absolute Gasteiger partial charge is 0.362 e. The fourth-order valence-electron chi connectivity index (χ4n) is 1.21. The van der Waals surface area contributed by atoms with E-state index < -0.39 is 0 Å². The summed E-state index contributed by atoms with van der Waals surface area (Å²) in [5.74, 6) is 1.15. The molecule has 0 saturated carbocycles. The Balaban J connectivity index is 2.23. The van der Waals surface area contributed by atoms with Crippen molar-refractivity contribution < 1.29 is 0 Å². The van der Waals surface area contributed by atoms with Crippen LogP contribution in [0.4, 0.5) is 0 Å². The minimum atomic E-state index is 0.539. The molecule has 0 aromatic heterocycles. The first-order valence-corrected chi connectivity index (χ1v) is 7.00. The molecule has 0 saturated heterocycles. The van der Waals surface area contributed by atoms with Crippen LogP contribution in [0.2, 0.25) is 0 Å². The summed E-state index contributed by atoms with van der Waals surface area (Å²) in [6.45, 7) is 5.43. The van der Waals surface area contributed by atoms with Crippen LogP contribution in [-0.4, -0.2) is 35.0 Å².